The van der Waals surface area contributed by atoms with Crippen molar-refractivity contribution in [2.24, 2.45) is 0 Å². The molecule has 1 unspecified atom stereocenters. The van der Waals surface area contributed by atoms with Crippen LogP contribution in [0.5, 0.6) is 0 Å². The lowest BCUT2D eigenvalue weighted by atomic mass is 10.1. The quantitative estimate of drug-likeness (QED) is 0.903. The minimum atomic E-state index is -0.467. The van der Waals surface area contributed by atoms with Gasteiger partial charge in [-0.2, -0.15) is 0 Å². The largest absolute Gasteiger partial charge is 0.387 e. The summed E-state index contributed by atoms with van der Waals surface area (Å²) in [4.78, 5) is 6.51. The molecule has 0 fully saturated rings. The van der Waals surface area contributed by atoms with Gasteiger partial charge in [-0.15, -0.1) is 0 Å². The zero-order valence-corrected chi connectivity index (χ0v) is 12.4. The number of rotatable bonds is 5. The van der Waals surface area contributed by atoms with E-state index < -0.39 is 6.10 Å². The maximum absolute atomic E-state index is 9.75. The fraction of sp³-hybridized carbons (Fsp3) is 0.353. The summed E-state index contributed by atoms with van der Waals surface area (Å²) in [5.74, 6) is 0. The highest BCUT2D eigenvalue weighted by Gasteiger charge is 2.08. The molecule has 106 valence electrons. The van der Waals surface area contributed by atoms with Crippen molar-refractivity contribution in [3.8, 4) is 0 Å². The lowest BCUT2D eigenvalue weighted by molar-refractivity contribution is 0.169. The number of aliphatic hydroxyl groups excluding tert-OH is 1. The summed E-state index contributed by atoms with van der Waals surface area (Å²) in [5, 5.41) is 9.75. The van der Waals surface area contributed by atoms with Crippen LogP contribution in [0.15, 0.2) is 42.6 Å². The number of pyridine rings is 1. The molecule has 0 spiro atoms. The van der Waals surface area contributed by atoms with Crippen LogP contribution in [-0.2, 0) is 6.54 Å². The van der Waals surface area contributed by atoms with Crippen LogP contribution < -0.4 is 4.90 Å². The third kappa shape index (κ3) is 3.36. The summed E-state index contributed by atoms with van der Waals surface area (Å²) in [6.07, 6.45) is 2.04. The first-order valence-corrected chi connectivity index (χ1v) is 7.01. The number of benzene rings is 1. The van der Waals surface area contributed by atoms with E-state index in [9.17, 15) is 5.11 Å². The average molecular weight is 270 g/mol. The van der Waals surface area contributed by atoms with Crippen LogP contribution in [0.4, 0.5) is 5.69 Å². The van der Waals surface area contributed by atoms with Gasteiger partial charge in [-0.3, -0.25) is 4.98 Å². The highest BCUT2D eigenvalue weighted by atomic mass is 16.3. The Morgan fingerprint density at radius 2 is 1.95 bits per heavy atom. The predicted octanol–water partition coefficient (Wildman–Crippen LogP) is 3.47. The SMILES string of the molecule is CCC(O)c1ccc(N(C)Cc2ccccc2C)cn1. The molecule has 3 nitrogen and oxygen atoms in total. The number of aliphatic hydroxyl groups is 1. The van der Waals surface area contributed by atoms with E-state index in [4.69, 9.17) is 0 Å². The molecule has 20 heavy (non-hydrogen) atoms. The Morgan fingerprint density at radius 3 is 2.55 bits per heavy atom. The first-order chi connectivity index (χ1) is 9.61. The lowest BCUT2D eigenvalue weighted by Crippen LogP contribution is -2.17. The topological polar surface area (TPSA) is 36.4 Å². The molecule has 0 saturated carbocycles. The van der Waals surface area contributed by atoms with Gasteiger partial charge in [0.15, 0.2) is 0 Å². The smallest absolute Gasteiger partial charge is 0.0957 e. The van der Waals surface area contributed by atoms with Gasteiger partial charge in [0.05, 0.1) is 23.7 Å². The number of nitrogens with zero attached hydrogens (tertiary/aromatic N) is 2. The van der Waals surface area contributed by atoms with E-state index in [1.165, 1.54) is 11.1 Å². The zero-order valence-electron chi connectivity index (χ0n) is 12.4. The molecule has 1 aromatic heterocycles. The Kier molecular flexibility index (Phi) is 4.74. The molecule has 0 aliphatic heterocycles. The van der Waals surface area contributed by atoms with Crippen molar-refractivity contribution in [2.45, 2.75) is 32.9 Å². The van der Waals surface area contributed by atoms with E-state index in [1.54, 1.807) is 0 Å². The number of hydrogen-bond donors (Lipinski definition) is 1. The normalized spacial score (nSPS) is 12.2. The molecule has 1 atom stereocenters. The van der Waals surface area contributed by atoms with E-state index in [0.29, 0.717) is 6.42 Å². The van der Waals surface area contributed by atoms with Gasteiger partial charge in [0, 0.05) is 13.6 Å². The van der Waals surface area contributed by atoms with Crippen LogP contribution in [0.25, 0.3) is 0 Å². The van der Waals surface area contributed by atoms with E-state index >= 15 is 0 Å². The fourth-order valence-corrected chi connectivity index (χ4v) is 2.16. The molecule has 1 N–H and O–H groups in total. The van der Waals surface area contributed by atoms with E-state index in [0.717, 1.165) is 17.9 Å². The summed E-state index contributed by atoms with van der Waals surface area (Å²) in [6, 6.07) is 12.3. The van der Waals surface area contributed by atoms with Crippen LogP contribution >= 0.6 is 0 Å². The first-order valence-electron chi connectivity index (χ1n) is 7.01. The minimum absolute atomic E-state index is 0.467. The van der Waals surface area contributed by atoms with Gasteiger partial charge in [-0.1, -0.05) is 31.2 Å². The monoisotopic (exact) mass is 270 g/mol. The fourth-order valence-electron chi connectivity index (χ4n) is 2.16. The van der Waals surface area contributed by atoms with Crippen molar-refractivity contribution in [3.63, 3.8) is 0 Å². The summed E-state index contributed by atoms with van der Waals surface area (Å²) >= 11 is 0. The molecule has 0 radical (unpaired) electrons. The van der Waals surface area contributed by atoms with Crippen molar-refractivity contribution in [3.05, 3.63) is 59.4 Å². The van der Waals surface area contributed by atoms with E-state index in [-0.39, 0.29) is 0 Å². The molecule has 0 amide bonds. The number of anilines is 1. The Morgan fingerprint density at radius 1 is 1.20 bits per heavy atom. The maximum atomic E-state index is 9.75. The first kappa shape index (κ1) is 14.5. The molecule has 0 saturated heterocycles. The van der Waals surface area contributed by atoms with Crippen LogP contribution in [0, 0.1) is 6.92 Å². The van der Waals surface area contributed by atoms with Crippen LogP contribution in [0.2, 0.25) is 0 Å². The molecule has 0 bridgehead atoms. The molecule has 3 heteroatoms. The highest BCUT2D eigenvalue weighted by Crippen LogP contribution is 2.19. The minimum Gasteiger partial charge on any atom is -0.387 e. The van der Waals surface area contributed by atoms with Gasteiger partial charge < -0.3 is 10.0 Å². The van der Waals surface area contributed by atoms with Gasteiger partial charge in [0.25, 0.3) is 0 Å². The van der Waals surface area contributed by atoms with E-state index in [2.05, 4.69) is 48.1 Å². The summed E-state index contributed by atoms with van der Waals surface area (Å²) in [5.41, 5.74) is 4.40. The summed E-state index contributed by atoms with van der Waals surface area (Å²) in [6.45, 7) is 4.93. The second kappa shape index (κ2) is 6.53. The van der Waals surface area contributed by atoms with Gasteiger partial charge in [-0.25, -0.2) is 0 Å². The molecule has 2 rings (SSSR count). The van der Waals surface area contributed by atoms with Crippen molar-refractivity contribution >= 4 is 5.69 Å². The summed E-state index contributed by atoms with van der Waals surface area (Å²) < 4.78 is 0. The predicted molar refractivity (Wildman–Crippen MR) is 82.8 cm³/mol. The molecule has 0 aliphatic rings. The van der Waals surface area contributed by atoms with Gasteiger partial charge in [-0.05, 0) is 36.6 Å². The third-order valence-corrected chi connectivity index (χ3v) is 3.61. The number of aryl methyl sites for hydroxylation is 1. The molecule has 0 aliphatic carbocycles. The molecular weight excluding hydrogens is 248 g/mol. The van der Waals surface area contributed by atoms with Crippen LogP contribution in [-0.4, -0.2) is 17.1 Å². The third-order valence-electron chi connectivity index (χ3n) is 3.61. The van der Waals surface area contributed by atoms with Crippen LogP contribution in [0.3, 0.4) is 0 Å². The second-order valence-electron chi connectivity index (χ2n) is 5.15. The van der Waals surface area contributed by atoms with Gasteiger partial charge in [0.1, 0.15) is 0 Å². The molecule has 2 aromatic rings. The molecule has 1 heterocycles. The standard InChI is InChI=1S/C17H22N2O/c1-4-17(20)16-10-9-15(11-18-16)19(3)12-14-8-6-5-7-13(14)2/h5-11,17,20H,4,12H2,1-3H3. The van der Waals surface area contributed by atoms with Crippen LogP contribution in [0.1, 0.15) is 36.3 Å². The average Bonchev–Trinajstić information content (AvgIpc) is 2.49. The Hall–Kier alpha value is -1.87. The Balaban J connectivity index is 2.10. The van der Waals surface area contributed by atoms with Crippen molar-refractivity contribution in [1.82, 2.24) is 4.98 Å². The Bertz CT molecular complexity index is 551. The lowest BCUT2D eigenvalue weighted by Gasteiger charge is -2.20. The van der Waals surface area contributed by atoms with Crippen molar-refractivity contribution in [2.75, 3.05) is 11.9 Å². The van der Waals surface area contributed by atoms with Crippen molar-refractivity contribution < 1.29 is 5.11 Å². The van der Waals surface area contributed by atoms with E-state index in [1.807, 2.05) is 25.3 Å². The van der Waals surface area contributed by atoms with Gasteiger partial charge >= 0.3 is 0 Å². The number of aromatic nitrogens is 1. The number of hydrogen-bond acceptors (Lipinski definition) is 3. The highest BCUT2D eigenvalue weighted by molar-refractivity contribution is 5.45. The van der Waals surface area contributed by atoms with Gasteiger partial charge in [0.2, 0.25) is 0 Å². The summed E-state index contributed by atoms with van der Waals surface area (Å²) in [7, 11) is 2.05. The Labute approximate surface area is 120 Å². The molecular formula is C17H22N2O. The molecule has 1 aromatic carbocycles. The maximum Gasteiger partial charge on any atom is 0.0957 e. The second-order valence-corrected chi connectivity index (χ2v) is 5.15. The zero-order chi connectivity index (χ0) is 14.5. The van der Waals surface area contributed by atoms with Crippen molar-refractivity contribution in [1.29, 1.82) is 0 Å².